The van der Waals surface area contributed by atoms with E-state index in [0.717, 1.165) is 12.0 Å². The van der Waals surface area contributed by atoms with Crippen LogP contribution >= 0.6 is 23.2 Å². The first-order valence-electron chi connectivity index (χ1n) is 6.37. The fourth-order valence-electron chi connectivity index (χ4n) is 2.01. The molecule has 0 heterocycles. The molecule has 2 N–H and O–H groups in total. The van der Waals surface area contributed by atoms with Gasteiger partial charge in [-0.05, 0) is 37.0 Å². The molecule has 1 aromatic carbocycles. The van der Waals surface area contributed by atoms with E-state index in [0.29, 0.717) is 35.1 Å². The van der Waals surface area contributed by atoms with Crippen LogP contribution in [-0.4, -0.2) is 29.5 Å². The lowest BCUT2D eigenvalue weighted by atomic mass is 10.0. The van der Waals surface area contributed by atoms with Gasteiger partial charge in [0.2, 0.25) is 0 Å². The van der Waals surface area contributed by atoms with Gasteiger partial charge >= 0.3 is 0 Å². The molecule has 108 valence electrons. The van der Waals surface area contributed by atoms with Crippen molar-refractivity contribution in [3.05, 3.63) is 27.7 Å². The molecule has 0 saturated carbocycles. The normalized spacial score (nSPS) is 14.2. The summed E-state index contributed by atoms with van der Waals surface area (Å²) in [7, 11) is 1.54. The third-order valence-corrected chi connectivity index (χ3v) is 3.53. The monoisotopic (exact) mass is 306 g/mol. The molecule has 0 saturated heterocycles. The Balaban J connectivity index is 2.72. The summed E-state index contributed by atoms with van der Waals surface area (Å²) >= 11 is 12.0. The van der Waals surface area contributed by atoms with E-state index in [9.17, 15) is 10.2 Å². The van der Waals surface area contributed by atoms with Gasteiger partial charge in [0.05, 0.1) is 24.3 Å². The zero-order valence-electron chi connectivity index (χ0n) is 11.2. The molecule has 1 aromatic rings. The molecule has 3 nitrogen and oxygen atoms in total. The molecule has 0 fully saturated rings. The average molecular weight is 307 g/mol. The SMILES string of the molecule is CCCC(O)C(O)CCc1cc(Cl)cc(Cl)c1OC. The average Bonchev–Trinajstić information content (AvgIpc) is 2.35. The van der Waals surface area contributed by atoms with Gasteiger partial charge in [-0.25, -0.2) is 0 Å². The van der Waals surface area contributed by atoms with Crippen LogP contribution in [0.2, 0.25) is 10.0 Å². The second-order valence-corrected chi connectivity index (χ2v) is 5.39. The molecule has 0 radical (unpaired) electrons. The highest BCUT2D eigenvalue weighted by molar-refractivity contribution is 6.35. The van der Waals surface area contributed by atoms with Gasteiger partial charge in [0.15, 0.2) is 0 Å². The molecule has 0 aromatic heterocycles. The number of hydrogen-bond acceptors (Lipinski definition) is 3. The summed E-state index contributed by atoms with van der Waals surface area (Å²) < 4.78 is 5.24. The molecule has 0 aliphatic rings. The summed E-state index contributed by atoms with van der Waals surface area (Å²) in [6, 6.07) is 3.39. The van der Waals surface area contributed by atoms with Gasteiger partial charge in [-0.3, -0.25) is 0 Å². The highest BCUT2D eigenvalue weighted by Crippen LogP contribution is 2.33. The van der Waals surface area contributed by atoms with Gasteiger partial charge in [0, 0.05) is 5.02 Å². The first-order valence-corrected chi connectivity index (χ1v) is 7.13. The Hall–Kier alpha value is -0.480. The molecule has 0 amide bonds. The molecule has 0 aliphatic heterocycles. The Morgan fingerprint density at radius 2 is 1.79 bits per heavy atom. The van der Waals surface area contributed by atoms with Gasteiger partial charge in [0.1, 0.15) is 5.75 Å². The minimum Gasteiger partial charge on any atom is -0.495 e. The highest BCUT2D eigenvalue weighted by atomic mass is 35.5. The van der Waals surface area contributed by atoms with Gasteiger partial charge in [-0.1, -0.05) is 36.5 Å². The second kappa shape index (κ2) is 7.95. The van der Waals surface area contributed by atoms with E-state index in [1.807, 2.05) is 6.92 Å². The number of ether oxygens (including phenoxy) is 1. The van der Waals surface area contributed by atoms with Crippen molar-refractivity contribution in [1.82, 2.24) is 0 Å². The van der Waals surface area contributed by atoms with Gasteiger partial charge in [-0.15, -0.1) is 0 Å². The van der Waals surface area contributed by atoms with E-state index < -0.39 is 12.2 Å². The summed E-state index contributed by atoms with van der Waals surface area (Å²) in [6.45, 7) is 1.97. The molecular weight excluding hydrogens is 287 g/mol. The Morgan fingerprint density at radius 1 is 1.16 bits per heavy atom. The predicted octanol–water partition coefficient (Wildman–Crippen LogP) is 3.46. The summed E-state index contributed by atoms with van der Waals surface area (Å²) in [5, 5.41) is 20.5. The van der Waals surface area contributed by atoms with E-state index in [1.165, 1.54) is 0 Å². The molecule has 5 heteroatoms. The number of hydrogen-bond donors (Lipinski definition) is 2. The number of aryl methyl sites for hydroxylation is 1. The maximum atomic E-state index is 9.86. The molecule has 19 heavy (non-hydrogen) atoms. The van der Waals surface area contributed by atoms with Crippen molar-refractivity contribution in [2.75, 3.05) is 7.11 Å². The van der Waals surface area contributed by atoms with Crippen molar-refractivity contribution in [2.45, 2.75) is 44.8 Å². The van der Waals surface area contributed by atoms with Gasteiger partial charge in [-0.2, -0.15) is 0 Å². The van der Waals surface area contributed by atoms with Gasteiger partial charge in [0.25, 0.3) is 0 Å². The second-order valence-electron chi connectivity index (χ2n) is 4.54. The standard InChI is InChI=1S/C14H20Cl2O3/c1-3-4-12(17)13(18)6-5-9-7-10(15)8-11(16)14(9)19-2/h7-8,12-13,17-18H,3-6H2,1-2H3. The lowest BCUT2D eigenvalue weighted by Crippen LogP contribution is -2.26. The van der Waals surface area contributed by atoms with Crippen LogP contribution in [0.3, 0.4) is 0 Å². The van der Waals surface area contributed by atoms with Crippen molar-refractivity contribution < 1.29 is 14.9 Å². The zero-order chi connectivity index (χ0) is 14.4. The molecule has 1 rings (SSSR count). The van der Waals surface area contributed by atoms with Crippen LogP contribution in [0.1, 0.15) is 31.7 Å². The minimum absolute atomic E-state index is 0.439. The molecule has 0 spiro atoms. The molecule has 0 aliphatic carbocycles. The van der Waals surface area contributed by atoms with Crippen LogP contribution in [0.15, 0.2) is 12.1 Å². The highest BCUT2D eigenvalue weighted by Gasteiger charge is 2.17. The number of halogens is 2. The Kier molecular flexibility index (Phi) is 6.94. The van der Waals surface area contributed by atoms with E-state index in [1.54, 1.807) is 19.2 Å². The maximum absolute atomic E-state index is 9.86. The molecule has 2 atom stereocenters. The molecular formula is C14H20Cl2O3. The van der Waals surface area contributed by atoms with Crippen LogP contribution in [0.5, 0.6) is 5.75 Å². The number of aliphatic hydroxyl groups is 2. The number of benzene rings is 1. The number of rotatable bonds is 7. The van der Waals surface area contributed by atoms with Crippen molar-refractivity contribution in [1.29, 1.82) is 0 Å². The predicted molar refractivity (Wildman–Crippen MR) is 78.3 cm³/mol. The molecule has 0 bridgehead atoms. The van der Waals surface area contributed by atoms with Gasteiger partial charge < -0.3 is 14.9 Å². The fraction of sp³-hybridized carbons (Fsp3) is 0.571. The summed E-state index contributed by atoms with van der Waals surface area (Å²) in [4.78, 5) is 0. The van der Waals surface area contributed by atoms with Crippen LogP contribution in [-0.2, 0) is 6.42 Å². The van der Waals surface area contributed by atoms with Crippen LogP contribution in [0.25, 0.3) is 0 Å². The van der Waals surface area contributed by atoms with E-state index >= 15 is 0 Å². The van der Waals surface area contributed by atoms with Crippen LogP contribution in [0.4, 0.5) is 0 Å². The van der Waals surface area contributed by atoms with E-state index in [4.69, 9.17) is 27.9 Å². The van der Waals surface area contributed by atoms with Crippen LogP contribution < -0.4 is 4.74 Å². The first kappa shape index (κ1) is 16.6. The lowest BCUT2D eigenvalue weighted by molar-refractivity contribution is 0.00974. The van der Waals surface area contributed by atoms with E-state index in [2.05, 4.69) is 0 Å². The topological polar surface area (TPSA) is 49.7 Å². The third kappa shape index (κ3) is 4.84. The smallest absolute Gasteiger partial charge is 0.140 e. The largest absolute Gasteiger partial charge is 0.495 e. The number of aliphatic hydroxyl groups excluding tert-OH is 2. The fourth-order valence-corrected chi connectivity index (χ4v) is 2.62. The maximum Gasteiger partial charge on any atom is 0.140 e. The Morgan fingerprint density at radius 3 is 2.37 bits per heavy atom. The molecule has 2 unspecified atom stereocenters. The first-order chi connectivity index (χ1) is 8.99. The summed E-state index contributed by atoms with van der Waals surface area (Å²) in [5.41, 5.74) is 0.836. The Bertz CT molecular complexity index is 410. The van der Waals surface area contributed by atoms with E-state index in [-0.39, 0.29) is 0 Å². The van der Waals surface area contributed by atoms with Crippen molar-refractivity contribution >= 4 is 23.2 Å². The summed E-state index contributed by atoms with van der Waals surface area (Å²) in [5.74, 6) is 0.572. The quantitative estimate of drug-likeness (QED) is 0.811. The third-order valence-electron chi connectivity index (χ3n) is 3.03. The zero-order valence-corrected chi connectivity index (χ0v) is 12.7. The van der Waals surface area contributed by atoms with Crippen molar-refractivity contribution in [3.8, 4) is 5.75 Å². The Labute approximate surface area is 124 Å². The van der Waals surface area contributed by atoms with Crippen molar-refractivity contribution in [2.24, 2.45) is 0 Å². The van der Waals surface area contributed by atoms with Crippen LogP contribution in [0, 0.1) is 0 Å². The summed E-state index contributed by atoms with van der Waals surface area (Å²) in [6.07, 6.45) is 0.978. The lowest BCUT2D eigenvalue weighted by Gasteiger charge is -2.18. The number of methoxy groups -OCH3 is 1. The van der Waals surface area contributed by atoms with Crippen molar-refractivity contribution in [3.63, 3.8) is 0 Å². The minimum atomic E-state index is -0.748.